The van der Waals surface area contributed by atoms with E-state index in [-0.39, 0.29) is 21.2 Å². The summed E-state index contributed by atoms with van der Waals surface area (Å²) in [6, 6.07) is 8.15. The van der Waals surface area contributed by atoms with Gasteiger partial charge in [0.15, 0.2) is 6.61 Å². The third-order valence-corrected chi connectivity index (χ3v) is 6.19. The largest absolute Gasteiger partial charge is 0.452 e. The van der Waals surface area contributed by atoms with E-state index in [9.17, 15) is 22.8 Å². The molecule has 3 N–H and O–H groups in total. The van der Waals surface area contributed by atoms with Crippen molar-refractivity contribution in [1.82, 2.24) is 14.4 Å². The molecule has 164 valence electrons. The molecule has 2 aromatic carbocycles. The van der Waals surface area contributed by atoms with E-state index in [4.69, 9.17) is 16.3 Å². The van der Waals surface area contributed by atoms with Gasteiger partial charge in [0.1, 0.15) is 0 Å². The number of hydrogen-bond donors (Lipinski definition) is 3. The van der Waals surface area contributed by atoms with Gasteiger partial charge in [-0.05, 0) is 36.4 Å². The van der Waals surface area contributed by atoms with Crippen molar-refractivity contribution in [2.45, 2.75) is 4.90 Å². The number of aromatic nitrogens is 2. The van der Waals surface area contributed by atoms with Crippen molar-refractivity contribution in [3.8, 4) is 0 Å². The van der Waals surface area contributed by atoms with Gasteiger partial charge in [0.2, 0.25) is 0 Å². The molecule has 0 saturated heterocycles. The predicted molar refractivity (Wildman–Crippen MR) is 111 cm³/mol. The van der Waals surface area contributed by atoms with Gasteiger partial charge in [-0.1, -0.05) is 16.1 Å². The van der Waals surface area contributed by atoms with Crippen LogP contribution in [0.3, 0.4) is 0 Å². The number of imidazole rings is 1. The normalized spacial score (nSPS) is 11.6. The summed E-state index contributed by atoms with van der Waals surface area (Å²) < 4.78 is 30.2. The minimum Gasteiger partial charge on any atom is -0.452 e. The van der Waals surface area contributed by atoms with Crippen molar-refractivity contribution < 1.29 is 27.6 Å². The van der Waals surface area contributed by atoms with Crippen LogP contribution in [0.25, 0.3) is 11.0 Å². The third kappa shape index (κ3) is 4.94. The zero-order chi connectivity index (χ0) is 22.8. The highest BCUT2D eigenvalue weighted by atomic mass is 35.5. The topological polar surface area (TPSA) is 151 Å². The monoisotopic (exact) mass is 468 g/mol. The number of esters is 1. The summed E-state index contributed by atoms with van der Waals surface area (Å²) in [6.07, 6.45) is 0. The number of hydrogen-bond acceptors (Lipinski definition) is 7. The van der Waals surface area contributed by atoms with Crippen molar-refractivity contribution in [2.75, 3.05) is 26.1 Å². The zero-order valence-corrected chi connectivity index (χ0v) is 17.8. The van der Waals surface area contributed by atoms with E-state index in [0.29, 0.717) is 21.2 Å². The summed E-state index contributed by atoms with van der Waals surface area (Å²) in [5.41, 5.74) is 0.817. The Morgan fingerprint density at radius 1 is 1.13 bits per heavy atom. The van der Waals surface area contributed by atoms with Gasteiger partial charge in [-0.2, -0.15) is 0 Å². The van der Waals surface area contributed by atoms with Gasteiger partial charge in [0.05, 0.1) is 33.6 Å². The minimum absolute atomic E-state index is 0.0497. The lowest BCUT2D eigenvalue weighted by Crippen LogP contribution is -2.26. The van der Waals surface area contributed by atoms with E-state index >= 15 is 0 Å². The van der Waals surface area contributed by atoms with Crippen LogP contribution < -0.4 is 11.0 Å². The van der Waals surface area contributed by atoms with Gasteiger partial charge in [-0.15, -0.1) is 0 Å². The molecule has 0 saturated carbocycles. The molecule has 0 bridgehead atoms. The highest BCUT2D eigenvalue weighted by Crippen LogP contribution is 2.23. The predicted octanol–water partition coefficient (Wildman–Crippen LogP) is 1.49. The van der Waals surface area contributed by atoms with Crippen molar-refractivity contribution in [3.63, 3.8) is 0 Å². The van der Waals surface area contributed by atoms with Gasteiger partial charge in [-0.3, -0.25) is 9.63 Å². The fourth-order valence-electron chi connectivity index (χ4n) is 2.58. The van der Waals surface area contributed by atoms with E-state index in [1.807, 2.05) is 0 Å². The molecule has 13 heteroatoms. The molecule has 1 aromatic heterocycles. The maximum Gasteiger partial charge on any atom is 0.340 e. The van der Waals surface area contributed by atoms with Crippen LogP contribution in [0.1, 0.15) is 10.4 Å². The van der Waals surface area contributed by atoms with Gasteiger partial charge in [0, 0.05) is 12.7 Å². The van der Waals surface area contributed by atoms with Crippen LogP contribution in [0.5, 0.6) is 0 Å². The molecule has 0 fully saturated rings. The smallest absolute Gasteiger partial charge is 0.340 e. The Morgan fingerprint density at radius 3 is 2.55 bits per heavy atom. The first kappa shape index (κ1) is 22.5. The number of nitrogens with one attached hydrogen (secondary N) is 3. The Morgan fingerprint density at radius 2 is 1.84 bits per heavy atom. The number of ether oxygens (including phenoxy) is 1. The van der Waals surface area contributed by atoms with E-state index in [2.05, 4.69) is 20.1 Å². The van der Waals surface area contributed by atoms with Crippen LogP contribution in [-0.4, -0.2) is 55.5 Å². The number of carbonyl (C=O) groups is 2. The van der Waals surface area contributed by atoms with E-state index in [1.165, 1.54) is 32.4 Å². The molecule has 0 aliphatic rings. The number of amides is 1. The Balaban J connectivity index is 1.68. The highest BCUT2D eigenvalue weighted by molar-refractivity contribution is 7.89. The van der Waals surface area contributed by atoms with E-state index in [0.717, 1.165) is 6.07 Å². The molecule has 1 heterocycles. The lowest BCUT2D eigenvalue weighted by Gasteiger charge is -2.15. The second-order valence-corrected chi connectivity index (χ2v) is 8.55. The zero-order valence-electron chi connectivity index (χ0n) is 16.3. The van der Waals surface area contributed by atoms with Crippen LogP contribution >= 0.6 is 11.6 Å². The Hall–Kier alpha value is -3.19. The molecule has 31 heavy (non-hydrogen) atoms. The number of aromatic amines is 2. The summed E-state index contributed by atoms with van der Waals surface area (Å²) in [5.74, 6) is -1.63. The summed E-state index contributed by atoms with van der Waals surface area (Å²) >= 11 is 5.98. The molecule has 0 spiro atoms. The molecule has 3 aromatic rings. The van der Waals surface area contributed by atoms with Gasteiger partial charge in [0.25, 0.3) is 15.9 Å². The van der Waals surface area contributed by atoms with Crippen LogP contribution in [0.2, 0.25) is 5.02 Å². The average molecular weight is 469 g/mol. The fraction of sp³-hybridized carbons (Fsp3) is 0.167. The summed E-state index contributed by atoms with van der Waals surface area (Å²) in [7, 11) is -1.65. The molecule has 0 radical (unpaired) electrons. The van der Waals surface area contributed by atoms with E-state index < -0.39 is 28.5 Å². The highest BCUT2D eigenvalue weighted by Gasteiger charge is 2.24. The molecular formula is C18H17ClN4O7S. The number of hydroxylamine groups is 1. The number of carbonyl (C=O) groups excluding carboxylic acids is 2. The van der Waals surface area contributed by atoms with Gasteiger partial charge >= 0.3 is 11.7 Å². The fourth-order valence-corrected chi connectivity index (χ4v) is 3.78. The Bertz CT molecular complexity index is 1320. The van der Waals surface area contributed by atoms with E-state index in [1.54, 1.807) is 12.1 Å². The molecular weight excluding hydrogens is 452 g/mol. The number of sulfonamides is 1. The van der Waals surface area contributed by atoms with Crippen LogP contribution in [-0.2, 0) is 24.4 Å². The standard InChI is InChI=1S/C18H17ClN4O7S/c1-23(29-2)31(27,28)11-4-5-13(19)12(8-11)17(25)30-9-16(24)20-10-3-6-14-15(7-10)22-18(26)21-14/h3-8H,9H2,1-2H3,(H,20,24)(H2,21,22,26). The number of benzene rings is 2. The second-order valence-electron chi connectivity index (χ2n) is 6.20. The number of nitrogens with zero attached hydrogens (tertiary/aromatic N) is 1. The third-order valence-electron chi connectivity index (χ3n) is 4.19. The van der Waals surface area contributed by atoms with Gasteiger partial charge < -0.3 is 20.0 Å². The first-order valence-corrected chi connectivity index (χ1v) is 10.4. The SMILES string of the molecule is CON(C)S(=O)(=O)c1ccc(Cl)c(C(=O)OCC(=O)Nc2ccc3[nH]c(=O)[nH]c3c2)c1. The minimum atomic E-state index is -4.01. The molecule has 3 rings (SSSR count). The number of rotatable bonds is 7. The lowest BCUT2D eigenvalue weighted by atomic mass is 10.2. The summed E-state index contributed by atoms with van der Waals surface area (Å²) in [6.45, 7) is -0.647. The van der Waals surface area contributed by atoms with Crippen molar-refractivity contribution in [2.24, 2.45) is 0 Å². The molecule has 0 aliphatic carbocycles. The second kappa shape index (κ2) is 8.89. The average Bonchev–Trinajstić information content (AvgIpc) is 3.10. The maximum atomic E-state index is 12.3. The number of H-pyrrole nitrogens is 2. The Kier molecular flexibility index (Phi) is 6.45. The van der Waals surface area contributed by atoms with Crippen molar-refractivity contribution in [1.29, 1.82) is 0 Å². The number of anilines is 1. The maximum absolute atomic E-state index is 12.3. The van der Waals surface area contributed by atoms with Crippen molar-refractivity contribution in [3.05, 3.63) is 57.5 Å². The molecule has 0 unspecified atom stereocenters. The van der Waals surface area contributed by atoms with Crippen LogP contribution in [0.4, 0.5) is 5.69 Å². The lowest BCUT2D eigenvalue weighted by molar-refractivity contribution is -0.119. The van der Waals surface area contributed by atoms with Crippen molar-refractivity contribution >= 4 is 50.2 Å². The number of fused-ring (bicyclic) bond motifs is 1. The summed E-state index contributed by atoms with van der Waals surface area (Å²) in [4.78, 5) is 45.3. The van der Waals surface area contributed by atoms with Gasteiger partial charge in [-0.25, -0.2) is 18.0 Å². The molecule has 1 amide bonds. The molecule has 11 nitrogen and oxygen atoms in total. The first-order valence-electron chi connectivity index (χ1n) is 8.63. The number of halogens is 1. The Labute approximate surface area is 180 Å². The quantitative estimate of drug-likeness (QED) is 0.351. The summed E-state index contributed by atoms with van der Waals surface area (Å²) in [5, 5.41) is 2.47. The first-order chi connectivity index (χ1) is 14.6. The van der Waals surface area contributed by atoms with Crippen LogP contribution in [0, 0.1) is 0 Å². The molecule has 0 atom stereocenters. The molecule has 0 aliphatic heterocycles. The van der Waals surface area contributed by atoms with Crippen LogP contribution in [0.15, 0.2) is 46.1 Å².